The molecule has 0 amide bonds. The highest BCUT2D eigenvalue weighted by molar-refractivity contribution is 7.99. The smallest absolute Gasteiger partial charge is 0.161 e. The van der Waals surface area contributed by atoms with Gasteiger partial charge < -0.3 is 15.2 Å². The van der Waals surface area contributed by atoms with E-state index in [-0.39, 0.29) is 0 Å². The van der Waals surface area contributed by atoms with E-state index < -0.39 is 0 Å². The van der Waals surface area contributed by atoms with Crippen LogP contribution < -0.4 is 15.2 Å². The van der Waals surface area contributed by atoms with Crippen molar-refractivity contribution in [2.45, 2.75) is 25.6 Å². The van der Waals surface area contributed by atoms with Gasteiger partial charge in [-0.2, -0.15) is 11.8 Å². The van der Waals surface area contributed by atoms with Crippen LogP contribution >= 0.6 is 11.8 Å². The van der Waals surface area contributed by atoms with Crippen molar-refractivity contribution in [1.82, 2.24) is 0 Å². The Morgan fingerprint density at radius 3 is 2.65 bits per heavy atom. The third kappa shape index (κ3) is 4.88. The summed E-state index contributed by atoms with van der Waals surface area (Å²) in [7, 11) is 1.64. The number of rotatable bonds is 7. The van der Waals surface area contributed by atoms with Crippen molar-refractivity contribution < 1.29 is 9.47 Å². The number of ether oxygens (including phenoxy) is 2. The van der Waals surface area contributed by atoms with Gasteiger partial charge >= 0.3 is 0 Å². The summed E-state index contributed by atoms with van der Waals surface area (Å²) in [5.74, 6) is 2.52. The van der Waals surface area contributed by atoms with Crippen molar-refractivity contribution in [1.29, 1.82) is 0 Å². The van der Waals surface area contributed by atoms with E-state index in [0.717, 1.165) is 22.8 Å². The number of nitrogens with two attached hydrogens (primary N) is 1. The molecule has 2 N–H and O–H groups in total. The molecular formula is C13H21NO2S. The van der Waals surface area contributed by atoms with Crippen molar-refractivity contribution in [2.24, 2.45) is 5.73 Å². The van der Waals surface area contributed by atoms with E-state index in [4.69, 9.17) is 15.2 Å². The lowest BCUT2D eigenvalue weighted by molar-refractivity contribution is 0.313. The van der Waals surface area contributed by atoms with Gasteiger partial charge in [-0.3, -0.25) is 0 Å². The summed E-state index contributed by atoms with van der Waals surface area (Å²) in [6, 6.07) is 5.80. The molecule has 0 saturated carbocycles. The van der Waals surface area contributed by atoms with E-state index in [1.807, 2.05) is 30.0 Å². The highest BCUT2D eigenvalue weighted by Gasteiger charge is 2.05. The summed E-state index contributed by atoms with van der Waals surface area (Å²) in [6.45, 7) is 5.57. The van der Waals surface area contributed by atoms with Gasteiger partial charge in [-0.1, -0.05) is 19.9 Å². The fourth-order valence-electron chi connectivity index (χ4n) is 1.39. The van der Waals surface area contributed by atoms with E-state index in [1.54, 1.807) is 7.11 Å². The van der Waals surface area contributed by atoms with Crippen LogP contribution in [-0.2, 0) is 6.54 Å². The molecule has 96 valence electrons. The van der Waals surface area contributed by atoms with Crippen LogP contribution in [0.3, 0.4) is 0 Å². The molecule has 3 nitrogen and oxygen atoms in total. The van der Waals surface area contributed by atoms with Crippen LogP contribution in [0.5, 0.6) is 11.5 Å². The van der Waals surface area contributed by atoms with Crippen molar-refractivity contribution in [3.05, 3.63) is 23.8 Å². The molecule has 0 heterocycles. The third-order valence-electron chi connectivity index (χ3n) is 2.26. The predicted molar refractivity (Wildman–Crippen MR) is 74.0 cm³/mol. The summed E-state index contributed by atoms with van der Waals surface area (Å²) in [5, 5.41) is 0.639. The molecule has 1 aromatic carbocycles. The Labute approximate surface area is 108 Å². The second-order valence-corrected chi connectivity index (χ2v) is 5.64. The molecule has 0 atom stereocenters. The number of hydrogen-bond acceptors (Lipinski definition) is 4. The monoisotopic (exact) mass is 255 g/mol. The van der Waals surface area contributed by atoms with Gasteiger partial charge in [-0.05, 0) is 22.9 Å². The molecule has 0 spiro atoms. The van der Waals surface area contributed by atoms with E-state index in [1.165, 1.54) is 0 Å². The normalized spacial score (nSPS) is 10.6. The summed E-state index contributed by atoms with van der Waals surface area (Å²) < 4.78 is 11.0. The maximum Gasteiger partial charge on any atom is 0.161 e. The van der Waals surface area contributed by atoms with Gasteiger partial charge in [0.05, 0.1) is 13.7 Å². The molecular weight excluding hydrogens is 234 g/mol. The second-order valence-electron chi connectivity index (χ2n) is 3.96. The van der Waals surface area contributed by atoms with Gasteiger partial charge in [0.15, 0.2) is 11.5 Å². The molecule has 4 heteroatoms. The predicted octanol–water partition coefficient (Wildman–Crippen LogP) is 2.67. The zero-order valence-electron chi connectivity index (χ0n) is 10.7. The average Bonchev–Trinajstić information content (AvgIpc) is 2.34. The molecule has 0 aliphatic rings. The van der Waals surface area contributed by atoms with E-state index in [2.05, 4.69) is 13.8 Å². The molecule has 0 bridgehead atoms. The zero-order chi connectivity index (χ0) is 12.7. The SMILES string of the molecule is COc1cc(CN)ccc1OCCSC(C)C. The molecule has 0 fully saturated rings. The van der Waals surface area contributed by atoms with Crippen molar-refractivity contribution in [3.63, 3.8) is 0 Å². The van der Waals surface area contributed by atoms with E-state index in [9.17, 15) is 0 Å². The number of benzene rings is 1. The maximum absolute atomic E-state index is 5.69. The largest absolute Gasteiger partial charge is 0.493 e. The zero-order valence-corrected chi connectivity index (χ0v) is 11.5. The highest BCUT2D eigenvalue weighted by Crippen LogP contribution is 2.28. The lowest BCUT2D eigenvalue weighted by atomic mass is 10.2. The molecule has 0 aliphatic carbocycles. The van der Waals surface area contributed by atoms with Crippen molar-refractivity contribution in [3.8, 4) is 11.5 Å². The van der Waals surface area contributed by atoms with Crippen LogP contribution in [0.15, 0.2) is 18.2 Å². The van der Waals surface area contributed by atoms with Gasteiger partial charge in [-0.15, -0.1) is 0 Å². The molecule has 0 saturated heterocycles. The fraction of sp³-hybridized carbons (Fsp3) is 0.538. The van der Waals surface area contributed by atoms with Gasteiger partial charge in [0, 0.05) is 12.3 Å². The summed E-state index contributed by atoms with van der Waals surface area (Å²) in [6.07, 6.45) is 0. The summed E-state index contributed by atoms with van der Waals surface area (Å²) >= 11 is 1.89. The first-order valence-electron chi connectivity index (χ1n) is 5.78. The Kier molecular flexibility index (Phi) is 6.22. The summed E-state index contributed by atoms with van der Waals surface area (Å²) in [5.41, 5.74) is 6.63. The molecule has 0 aliphatic heterocycles. The molecule has 0 aromatic heterocycles. The minimum atomic E-state index is 0.514. The Bertz CT molecular complexity index is 342. The van der Waals surface area contributed by atoms with Gasteiger partial charge in [-0.25, -0.2) is 0 Å². The minimum absolute atomic E-state index is 0.514. The van der Waals surface area contributed by atoms with Crippen LogP contribution in [0.1, 0.15) is 19.4 Å². The first-order valence-corrected chi connectivity index (χ1v) is 6.83. The van der Waals surface area contributed by atoms with Gasteiger partial charge in [0.1, 0.15) is 0 Å². The van der Waals surface area contributed by atoms with Crippen LogP contribution in [0, 0.1) is 0 Å². The number of methoxy groups -OCH3 is 1. The third-order valence-corrected chi connectivity index (χ3v) is 3.32. The van der Waals surface area contributed by atoms with E-state index in [0.29, 0.717) is 18.4 Å². The lowest BCUT2D eigenvalue weighted by Gasteiger charge is -2.12. The molecule has 0 unspecified atom stereocenters. The number of hydrogen-bond donors (Lipinski definition) is 1. The minimum Gasteiger partial charge on any atom is -0.493 e. The molecule has 17 heavy (non-hydrogen) atoms. The van der Waals surface area contributed by atoms with Crippen LogP contribution in [0.2, 0.25) is 0 Å². The van der Waals surface area contributed by atoms with Crippen LogP contribution in [0.25, 0.3) is 0 Å². The first-order chi connectivity index (χ1) is 8.17. The Morgan fingerprint density at radius 1 is 1.29 bits per heavy atom. The molecule has 0 radical (unpaired) electrons. The maximum atomic E-state index is 5.69. The van der Waals surface area contributed by atoms with Crippen LogP contribution in [-0.4, -0.2) is 24.7 Å². The van der Waals surface area contributed by atoms with Gasteiger partial charge in [0.25, 0.3) is 0 Å². The van der Waals surface area contributed by atoms with Crippen molar-refractivity contribution in [2.75, 3.05) is 19.5 Å². The quantitative estimate of drug-likeness (QED) is 0.761. The summed E-state index contributed by atoms with van der Waals surface area (Å²) in [4.78, 5) is 0. The Morgan fingerprint density at radius 2 is 2.06 bits per heavy atom. The Hall–Kier alpha value is -0.870. The average molecular weight is 255 g/mol. The fourth-order valence-corrected chi connectivity index (χ4v) is 2.04. The second kappa shape index (κ2) is 7.45. The van der Waals surface area contributed by atoms with Gasteiger partial charge in [0.2, 0.25) is 0 Å². The standard InChI is InChI=1S/C13H21NO2S/c1-10(2)17-7-6-16-12-5-4-11(9-14)8-13(12)15-3/h4-5,8,10H,6-7,9,14H2,1-3H3. The Balaban J connectivity index is 2.52. The topological polar surface area (TPSA) is 44.5 Å². The lowest BCUT2D eigenvalue weighted by Crippen LogP contribution is -2.04. The first kappa shape index (κ1) is 14.2. The molecule has 1 aromatic rings. The van der Waals surface area contributed by atoms with Crippen molar-refractivity contribution >= 4 is 11.8 Å². The van der Waals surface area contributed by atoms with Crippen LogP contribution in [0.4, 0.5) is 0 Å². The molecule has 1 rings (SSSR count). The number of thioether (sulfide) groups is 1. The van der Waals surface area contributed by atoms with E-state index >= 15 is 0 Å². The highest BCUT2D eigenvalue weighted by atomic mass is 32.2.